The molecule has 3 rings (SSSR count). The van der Waals surface area contributed by atoms with E-state index in [4.69, 9.17) is 0 Å². The van der Waals surface area contributed by atoms with Gasteiger partial charge < -0.3 is 10.2 Å². The van der Waals surface area contributed by atoms with Crippen LogP contribution < -0.4 is 5.32 Å². The van der Waals surface area contributed by atoms with Gasteiger partial charge in [0.05, 0.1) is 0 Å². The van der Waals surface area contributed by atoms with Crippen LogP contribution in [0.5, 0.6) is 0 Å². The maximum absolute atomic E-state index is 14.3. The SMILES string of the molecule is CN(C)[C@@H](C(=O)N1CCC(N2CCNC(=O)CC2)CC1)c1ccccc1F. The van der Waals surface area contributed by atoms with Crippen molar-refractivity contribution in [1.82, 2.24) is 20.0 Å². The molecule has 2 aliphatic heterocycles. The number of amides is 2. The first kappa shape index (κ1) is 19.8. The molecule has 0 bridgehead atoms. The van der Waals surface area contributed by atoms with Gasteiger partial charge in [0.1, 0.15) is 11.9 Å². The molecule has 2 fully saturated rings. The summed E-state index contributed by atoms with van der Waals surface area (Å²) in [6, 6.07) is 6.29. The van der Waals surface area contributed by atoms with Crippen LogP contribution >= 0.6 is 0 Å². The summed E-state index contributed by atoms with van der Waals surface area (Å²) in [7, 11) is 3.62. The number of carbonyl (C=O) groups is 2. The van der Waals surface area contributed by atoms with Gasteiger partial charge in [-0.2, -0.15) is 0 Å². The molecule has 1 aromatic rings. The molecule has 1 N–H and O–H groups in total. The highest BCUT2D eigenvalue weighted by Gasteiger charge is 2.33. The second-order valence-corrected chi connectivity index (χ2v) is 7.58. The molecule has 0 aliphatic carbocycles. The third kappa shape index (κ3) is 4.65. The minimum Gasteiger partial charge on any atom is -0.355 e. The maximum Gasteiger partial charge on any atom is 0.244 e. The van der Waals surface area contributed by atoms with Gasteiger partial charge in [0.15, 0.2) is 0 Å². The monoisotopic (exact) mass is 376 g/mol. The highest BCUT2D eigenvalue weighted by atomic mass is 19.1. The average Bonchev–Trinajstić information content (AvgIpc) is 2.88. The molecule has 0 radical (unpaired) electrons. The molecule has 0 aromatic heterocycles. The summed E-state index contributed by atoms with van der Waals surface area (Å²) in [5, 5.41) is 2.91. The van der Waals surface area contributed by atoms with Crippen LogP contribution in [0.15, 0.2) is 24.3 Å². The first-order valence-corrected chi connectivity index (χ1v) is 9.67. The summed E-state index contributed by atoms with van der Waals surface area (Å²) >= 11 is 0. The van der Waals surface area contributed by atoms with Crippen molar-refractivity contribution in [3.63, 3.8) is 0 Å². The Bertz CT molecular complexity index is 674. The van der Waals surface area contributed by atoms with Crippen molar-refractivity contribution >= 4 is 11.8 Å². The molecule has 0 unspecified atom stereocenters. The van der Waals surface area contributed by atoms with Gasteiger partial charge in [0.25, 0.3) is 0 Å². The maximum atomic E-state index is 14.3. The number of rotatable bonds is 4. The van der Waals surface area contributed by atoms with Crippen LogP contribution in [0.1, 0.15) is 30.9 Å². The molecule has 0 saturated carbocycles. The number of nitrogens with zero attached hydrogens (tertiary/aromatic N) is 3. The fourth-order valence-corrected chi connectivity index (χ4v) is 4.10. The van der Waals surface area contributed by atoms with Gasteiger partial charge in [-0.05, 0) is 33.0 Å². The van der Waals surface area contributed by atoms with Gasteiger partial charge >= 0.3 is 0 Å². The third-order valence-corrected chi connectivity index (χ3v) is 5.59. The van der Waals surface area contributed by atoms with Crippen molar-refractivity contribution in [3.8, 4) is 0 Å². The lowest BCUT2D eigenvalue weighted by Gasteiger charge is -2.39. The Kier molecular flexibility index (Phi) is 6.44. The van der Waals surface area contributed by atoms with E-state index in [0.29, 0.717) is 37.7 Å². The Morgan fingerprint density at radius 1 is 1.19 bits per heavy atom. The normalized spacial score (nSPS) is 21.0. The minimum atomic E-state index is -0.609. The number of piperidine rings is 1. The first-order chi connectivity index (χ1) is 13.0. The molecule has 27 heavy (non-hydrogen) atoms. The summed E-state index contributed by atoms with van der Waals surface area (Å²) in [5.41, 5.74) is 0.423. The van der Waals surface area contributed by atoms with Crippen molar-refractivity contribution in [2.24, 2.45) is 0 Å². The second-order valence-electron chi connectivity index (χ2n) is 7.58. The van der Waals surface area contributed by atoms with Gasteiger partial charge in [-0.3, -0.25) is 19.4 Å². The number of hydrogen-bond acceptors (Lipinski definition) is 4. The molecule has 1 aromatic carbocycles. The van der Waals surface area contributed by atoms with Crippen LogP contribution in [0.4, 0.5) is 4.39 Å². The zero-order valence-electron chi connectivity index (χ0n) is 16.2. The largest absolute Gasteiger partial charge is 0.355 e. The fourth-order valence-electron chi connectivity index (χ4n) is 4.10. The molecule has 7 heteroatoms. The number of likely N-dealkylation sites (tertiary alicyclic amines) is 1. The standard InChI is InChI=1S/C20H29FN4O2/c1-23(2)19(16-5-3-4-6-17(16)21)20(27)25-11-7-15(8-12-25)24-13-9-18(26)22-10-14-24/h3-6,15,19H,7-14H2,1-2H3,(H,22,26)/t19-/m1/s1. The summed E-state index contributed by atoms with van der Waals surface area (Å²) in [5.74, 6) is -0.277. The highest BCUT2D eigenvalue weighted by Crippen LogP contribution is 2.26. The lowest BCUT2D eigenvalue weighted by Crippen LogP contribution is -2.50. The minimum absolute atomic E-state index is 0.0451. The van der Waals surface area contributed by atoms with Gasteiger partial charge in [0.2, 0.25) is 11.8 Å². The van der Waals surface area contributed by atoms with Crippen molar-refractivity contribution in [2.75, 3.05) is 46.8 Å². The summed E-state index contributed by atoms with van der Waals surface area (Å²) in [4.78, 5) is 30.6. The molecular formula is C20H29FN4O2. The Morgan fingerprint density at radius 2 is 1.89 bits per heavy atom. The predicted molar refractivity (Wildman–Crippen MR) is 102 cm³/mol. The molecule has 2 heterocycles. The third-order valence-electron chi connectivity index (χ3n) is 5.59. The fraction of sp³-hybridized carbons (Fsp3) is 0.600. The van der Waals surface area contributed by atoms with E-state index in [-0.39, 0.29) is 17.6 Å². The first-order valence-electron chi connectivity index (χ1n) is 9.67. The number of nitrogens with one attached hydrogen (secondary N) is 1. The number of hydrogen-bond donors (Lipinski definition) is 1. The number of halogens is 1. The number of likely N-dealkylation sites (N-methyl/N-ethyl adjacent to an activating group) is 1. The molecule has 2 amide bonds. The Morgan fingerprint density at radius 3 is 2.56 bits per heavy atom. The molecule has 1 atom stereocenters. The van der Waals surface area contributed by atoms with E-state index < -0.39 is 6.04 Å². The van der Waals surface area contributed by atoms with Gasteiger partial charge in [-0.25, -0.2) is 4.39 Å². The van der Waals surface area contributed by atoms with Crippen LogP contribution in [-0.4, -0.2) is 79.4 Å². The molecule has 6 nitrogen and oxygen atoms in total. The van der Waals surface area contributed by atoms with Crippen molar-refractivity contribution in [2.45, 2.75) is 31.3 Å². The quantitative estimate of drug-likeness (QED) is 0.859. The summed E-state index contributed by atoms with van der Waals surface area (Å²) in [6.45, 7) is 3.66. The number of benzene rings is 1. The van der Waals surface area contributed by atoms with Crippen molar-refractivity contribution in [1.29, 1.82) is 0 Å². The van der Waals surface area contributed by atoms with Gasteiger partial charge in [-0.15, -0.1) is 0 Å². The van der Waals surface area contributed by atoms with Gasteiger partial charge in [-0.1, -0.05) is 18.2 Å². The molecule has 148 valence electrons. The van der Waals surface area contributed by atoms with E-state index in [9.17, 15) is 14.0 Å². The molecule has 0 spiro atoms. The number of carbonyl (C=O) groups excluding carboxylic acids is 2. The van der Waals surface area contributed by atoms with Crippen molar-refractivity contribution in [3.05, 3.63) is 35.6 Å². The zero-order chi connectivity index (χ0) is 19.4. The molecular weight excluding hydrogens is 347 g/mol. The molecule has 2 aliphatic rings. The zero-order valence-corrected chi connectivity index (χ0v) is 16.2. The van der Waals surface area contributed by atoms with Crippen LogP contribution in [0.25, 0.3) is 0 Å². The Balaban J connectivity index is 1.63. The van der Waals surface area contributed by atoms with E-state index in [1.54, 1.807) is 23.1 Å². The van der Waals surface area contributed by atoms with E-state index in [1.807, 2.05) is 19.0 Å². The lowest BCUT2D eigenvalue weighted by molar-refractivity contribution is -0.138. The second kappa shape index (κ2) is 8.80. The van der Waals surface area contributed by atoms with E-state index in [2.05, 4.69) is 10.2 Å². The van der Waals surface area contributed by atoms with E-state index >= 15 is 0 Å². The Hall–Kier alpha value is -1.99. The van der Waals surface area contributed by atoms with Gasteiger partial charge in [0, 0.05) is 50.7 Å². The smallest absolute Gasteiger partial charge is 0.244 e. The van der Waals surface area contributed by atoms with Crippen LogP contribution in [0.2, 0.25) is 0 Å². The predicted octanol–water partition coefficient (Wildman–Crippen LogP) is 1.24. The van der Waals surface area contributed by atoms with E-state index in [0.717, 1.165) is 25.9 Å². The van der Waals surface area contributed by atoms with Crippen LogP contribution in [-0.2, 0) is 9.59 Å². The van der Waals surface area contributed by atoms with E-state index in [1.165, 1.54) is 6.07 Å². The summed E-state index contributed by atoms with van der Waals surface area (Å²) < 4.78 is 14.3. The summed E-state index contributed by atoms with van der Waals surface area (Å²) in [6.07, 6.45) is 2.31. The molecule has 2 saturated heterocycles. The van der Waals surface area contributed by atoms with Crippen molar-refractivity contribution < 1.29 is 14.0 Å². The lowest BCUT2D eigenvalue weighted by atomic mass is 9.99. The average molecular weight is 376 g/mol. The Labute approximate surface area is 160 Å². The highest BCUT2D eigenvalue weighted by molar-refractivity contribution is 5.83. The topological polar surface area (TPSA) is 55.9 Å². The van der Waals surface area contributed by atoms with Crippen LogP contribution in [0, 0.1) is 5.82 Å². The van der Waals surface area contributed by atoms with Crippen LogP contribution in [0.3, 0.4) is 0 Å².